The van der Waals surface area contributed by atoms with E-state index in [0.717, 1.165) is 4.90 Å². The minimum absolute atomic E-state index is 0.116. The third kappa shape index (κ3) is 7.48. The van der Waals surface area contributed by atoms with Crippen molar-refractivity contribution < 1.29 is 24.2 Å². The zero-order chi connectivity index (χ0) is 25.0. The van der Waals surface area contributed by atoms with Gasteiger partial charge < -0.3 is 20.1 Å². The van der Waals surface area contributed by atoms with Gasteiger partial charge in [0.1, 0.15) is 11.5 Å². The molecule has 1 aromatic heterocycles. The van der Waals surface area contributed by atoms with Crippen LogP contribution in [-0.4, -0.2) is 67.6 Å². The first-order chi connectivity index (χ1) is 15.2. The van der Waals surface area contributed by atoms with E-state index in [0.29, 0.717) is 11.3 Å². The second kappa shape index (κ2) is 9.88. The average Bonchev–Trinajstić information content (AvgIpc) is 2.70. The quantitative estimate of drug-likeness (QED) is 0.666. The number of rotatable bonds is 6. The van der Waals surface area contributed by atoms with E-state index in [1.54, 1.807) is 45.0 Å². The van der Waals surface area contributed by atoms with Crippen molar-refractivity contribution in [2.45, 2.75) is 53.1 Å². The van der Waals surface area contributed by atoms with Crippen LogP contribution >= 0.6 is 0 Å². The predicted molar refractivity (Wildman–Crippen MR) is 120 cm³/mol. The van der Waals surface area contributed by atoms with Crippen molar-refractivity contribution in [1.82, 2.24) is 25.3 Å². The highest BCUT2D eigenvalue weighted by molar-refractivity contribution is 5.94. The first kappa shape index (κ1) is 25.6. The standard InChI is InChI=1S/C22H30N6O5/c1-21(2,3)19(31)23-14-10-8-13(9-11-14)16-24-26-17(27-25-16)15(18(29)30)12-28(7)20(32)33-22(4,5)6/h8-11,15H,12H2,1-7H3,(H,23,31)(H,29,30). The van der Waals surface area contributed by atoms with Crippen molar-refractivity contribution >= 4 is 23.7 Å². The first-order valence-electron chi connectivity index (χ1n) is 10.3. The zero-order valence-corrected chi connectivity index (χ0v) is 19.9. The number of ether oxygens (including phenoxy) is 1. The van der Waals surface area contributed by atoms with Crippen LogP contribution in [0.25, 0.3) is 11.4 Å². The Balaban J connectivity index is 2.13. The fourth-order valence-corrected chi connectivity index (χ4v) is 2.47. The summed E-state index contributed by atoms with van der Waals surface area (Å²) in [6, 6.07) is 6.79. The fourth-order valence-electron chi connectivity index (χ4n) is 2.47. The highest BCUT2D eigenvalue weighted by Gasteiger charge is 2.29. The Morgan fingerprint density at radius 2 is 1.55 bits per heavy atom. The van der Waals surface area contributed by atoms with Gasteiger partial charge in [-0.2, -0.15) is 0 Å². The van der Waals surface area contributed by atoms with Crippen molar-refractivity contribution in [3.05, 3.63) is 30.1 Å². The number of carboxylic acids is 1. The number of likely N-dealkylation sites (N-methyl/N-ethyl adjacent to an activating group) is 1. The highest BCUT2D eigenvalue weighted by Crippen LogP contribution is 2.21. The lowest BCUT2D eigenvalue weighted by Gasteiger charge is -2.25. The van der Waals surface area contributed by atoms with Crippen LogP contribution < -0.4 is 5.32 Å². The molecule has 0 aliphatic rings. The van der Waals surface area contributed by atoms with E-state index < -0.39 is 29.0 Å². The molecule has 2 N–H and O–H groups in total. The van der Waals surface area contributed by atoms with E-state index in [9.17, 15) is 19.5 Å². The largest absolute Gasteiger partial charge is 0.481 e. The molecule has 0 aliphatic heterocycles. The number of carboxylic acid groups (broad SMARTS) is 1. The van der Waals surface area contributed by atoms with E-state index >= 15 is 0 Å². The normalized spacial score (nSPS) is 12.6. The monoisotopic (exact) mass is 458 g/mol. The maximum Gasteiger partial charge on any atom is 0.410 e. The predicted octanol–water partition coefficient (Wildman–Crippen LogP) is 2.95. The van der Waals surface area contributed by atoms with E-state index in [1.165, 1.54) is 7.05 Å². The summed E-state index contributed by atoms with van der Waals surface area (Å²) >= 11 is 0. The Bertz CT molecular complexity index is 994. The number of hydrogen-bond acceptors (Lipinski definition) is 8. The fraction of sp³-hybridized carbons (Fsp3) is 0.500. The molecule has 0 fully saturated rings. The molecule has 1 atom stereocenters. The molecule has 0 spiro atoms. The summed E-state index contributed by atoms with van der Waals surface area (Å²) in [6.45, 7) is 10.4. The number of nitrogens with one attached hydrogen (secondary N) is 1. The second-order valence-electron chi connectivity index (χ2n) is 9.61. The van der Waals surface area contributed by atoms with Crippen LogP contribution in [0.3, 0.4) is 0 Å². The molecule has 2 aromatic rings. The summed E-state index contributed by atoms with van der Waals surface area (Å²) < 4.78 is 5.24. The van der Waals surface area contributed by atoms with Crippen molar-refractivity contribution in [3.63, 3.8) is 0 Å². The summed E-state index contributed by atoms with van der Waals surface area (Å²) in [5.74, 6) is -2.50. The van der Waals surface area contributed by atoms with Gasteiger partial charge in [-0.05, 0) is 45.0 Å². The molecule has 2 rings (SSSR count). The Labute approximate surface area is 192 Å². The molecule has 0 radical (unpaired) electrons. The maximum atomic E-state index is 12.1. The number of carbonyl (C=O) groups is 3. The molecule has 11 heteroatoms. The lowest BCUT2D eigenvalue weighted by atomic mass is 9.95. The summed E-state index contributed by atoms with van der Waals surface area (Å²) in [6.07, 6.45) is -0.662. The lowest BCUT2D eigenvalue weighted by molar-refractivity contribution is -0.139. The molecule has 0 saturated carbocycles. The van der Waals surface area contributed by atoms with Gasteiger partial charge in [0.25, 0.3) is 0 Å². The van der Waals surface area contributed by atoms with Crippen LogP contribution in [0.1, 0.15) is 53.3 Å². The molecule has 33 heavy (non-hydrogen) atoms. The molecular formula is C22H30N6O5. The Kier molecular flexibility index (Phi) is 7.68. The van der Waals surface area contributed by atoms with Crippen molar-refractivity contribution in [1.29, 1.82) is 0 Å². The number of benzene rings is 1. The van der Waals surface area contributed by atoms with Gasteiger partial charge in [0, 0.05) is 30.3 Å². The van der Waals surface area contributed by atoms with Gasteiger partial charge in [-0.15, -0.1) is 20.4 Å². The highest BCUT2D eigenvalue weighted by atomic mass is 16.6. The zero-order valence-electron chi connectivity index (χ0n) is 19.9. The van der Waals surface area contributed by atoms with Gasteiger partial charge in [0.2, 0.25) is 11.7 Å². The molecule has 0 saturated heterocycles. The van der Waals surface area contributed by atoms with Crippen LogP contribution in [0.15, 0.2) is 24.3 Å². The van der Waals surface area contributed by atoms with Crippen LogP contribution in [0.4, 0.5) is 10.5 Å². The minimum Gasteiger partial charge on any atom is -0.481 e. The topological polar surface area (TPSA) is 148 Å². The number of anilines is 1. The number of aromatic nitrogens is 4. The first-order valence-corrected chi connectivity index (χ1v) is 10.3. The van der Waals surface area contributed by atoms with Crippen molar-refractivity contribution in [3.8, 4) is 11.4 Å². The molecule has 178 valence electrons. The van der Waals surface area contributed by atoms with E-state index in [1.807, 2.05) is 20.8 Å². The van der Waals surface area contributed by atoms with Gasteiger partial charge in [-0.3, -0.25) is 9.59 Å². The summed E-state index contributed by atoms with van der Waals surface area (Å²) in [4.78, 5) is 37.1. The second-order valence-corrected chi connectivity index (χ2v) is 9.61. The molecular weight excluding hydrogens is 428 g/mol. The van der Waals surface area contributed by atoms with Gasteiger partial charge in [0.15, 0.2) is 5.82 Å². The van der Waals surface area contributed by atoms with Gasteiger partial charge in [-0.25, -0.2) is 4.79 Å². The number of hydrogen-bond donors (Lipinski definition) is 2. The smallest absolute Gasteiger partial charge is 0.410 e. The van der Waals surface area contributed by atoms with E-state index in [2.05, 4.69) is 25.7 Å². The van der Waals surface area contributed by atoms with Crippen LogP contribution in [0, 0.1) is 5.41 Å². The Hall–Kier alpha value is -3.63. The summed E-state index contributed by atoms with van der Waals surface area (Å²) in [5.41, 5.74) is -0.0273. The van der Waals surface area contributed by atoms with Crippen LogP contribution in [0.2, 0.25) is 0 Å². The molecule has 0 aliphatic carbocycles. The summed E-state index contributed by atoms with van der Waals surface area (Å²) in [7, 11) is 1.43. The maximum absolute atomic E-state index is 12.1. The Morgan fingerprint density at radius 1 is 1.00 bits per heavy atom. The number of nitrogens with zero attached hydrogens (tertiary/aromatic N) is 5. The van der Waals surface area contributed by atoms with E-state index in [4.69, 9.17) is 4.74 Å². The number of amides is 2. The SMILES string of the molecule is CN(CC(C(=O)O)c1nnc(-c2ccc(NC(=O)C(C)(C)C)cc2)nn1)C(=O)OC(C)(C)C. The van der Waals surface area contributed by atoms with E-state index in [-0.39, 0.29) is 24.1 Å². The molecule has 1 aromatic carbocycles. The third-order valence-corrected chi connectivity index (χ3v) is 4.35. The number of carbonyl (C=O) groups excluding carboxylic acids is 2. The van der Waals surface area contributed by atoms with Crippen molar-refractivity contribution in [2.24, 2.45) is 5.41 Å². The summed E-state index contributed by atoms with van der Waals surface area (Å²) in [5, 5.41) is 28.2. The third-order valence-electron chi connectivity index (χ3n) is 4.35. The molecule has 1 unspecified atom stereocenters. The molecule has 1 heterocycles. The lowest BCUT2D eigenvalue weighted by Crippen LogP contribution is -2.38. The Morgan fingerprint density at radius 3 is 2.00 bits per heavy atom. The van der Waals surface area contributed by atoms with Gasteiger partial charge in [-0.1, -0.05) is 20.8 Å². The minimum atomic E-state index is -1.23. The number of aliphatic carboxylic acids is 1. The van der Waals surface area contributed by atoms with Crippen molar-refractivity contribution in [2.75, 3.05) is 18.9 Å². The van der Waals surface area contributed by atoms with Gasteiger partial charge >= 0.3 is 12.1 Å². The molecule has 0 bridgehead atoms. The average molecular weight is 459 g/mol. The van der Waals surface area contributed by atoms with Crippen LogP contribution in [0.5, 0.6) is 0 Å². The molecule has 2 amide bonds. The molecule has 11 nitrogen and oxygen atoms in total. The van der Waals surface area contributed by atoms with Gasteiger partial charge in [0.05, 0.1) is 0 Å². The van der Waals surface area contributed by atoms with Crippen LogP contribution in [-0.2, 0) is 14.3 Å².